The van der Waals surface area contributed by atoms with Crippen molar-refractivity contribution in [2.45, 2.75) is 20.3 Å². The number of fused-ring (bicyclic) bond motifs is 1. The Morgan fingerprint density at radius 2 is 2.05 bits per heavy atom. The van der Waals surface area contributed by atoms with E-state index in [9.17, 15) is 4.79 Å². The van der Waals surface area contributed by atoms with Crippen LogP contribution in [0.1, 0.15) is 16.8 Å². The average Bonchev–Trinajstić information content (AvgIpc) is 2.75. The molecule has 0 bridgehead atoms. The van der Waals surface area contributed by atoms with Gasteiger partial charge in [-0.05, 0) is 43.2 Å². The summed E-state index contributed by atoms with van der Waals surface area (Å²) < 4.78 is 0. The lowest BCUT2D eigenvalue weighted by Crippen LogP contribution is -2.15. The molecule has 0 spiro atoms. The standard InChI is InChI=1S/C17H17N3O/c1-11-7-8-18-16(9-11)20-17(21)10-14-12(2)19-15-6-4-3-5-13(14)15/h3-9,19H,10H2,1-2H3,(H,18,20,21). The lowest BCUT2D eigenvalue weighted by molar-refractivity contribution is -0.115. The molecule has 1 aromatic carbocycles. The summed E-state index contributed by atoms with van der Waals surface area (Å²) in [5.41, 5.74) is 4.20. The number of aromatic amines is 1. The smallest absolute Gasteiger partial charge is 0.230 e. The molecule has 1 amide bonds. The monoisotopic (exact) mass is 279 g/mol. The molecular formula is C17H17N3O. The first kappa shape index (κ1) is 13.4. The summed E-state index contributed by atoms with van der Waals surface area (Å²) in [6, 6.07) is 11.8. The second kappa shape index (κ2) is 5.40. The van der Waals surface area contributed by atoms with E-state index in [0.717, 1.165) is 27.7 Å². The highest BCUT2D eigenvalue weighted by Crippen LogP contribution is 2.22. The second-order valence-electron chi connectivity index (χ2n) is 5.22. The van der Waals surface area contributed by atoms with E-state index < -0.39 is 0 Å². The first-order chi connectivity index (χ1) is 10.1. The van der Waals surface area contributed by atoms with E-state index in [0.29, 0.717) is 12.2 Å². The SMILES string of the molecule is Cc1ccnc(NC(=O)Cc2c(C)[nH]c3ccccc23)c1. The first-order valence-corrected chi connectivity index (χ1v) is 6.92. The predicted molar refractivity (Wildman–Crippen MR) is 84.3 cm³/mol. The van der Waals surface area contributed by atoms with E-state index in [4.69, 9.17) is 0 Å². The Kier molecular flexibility index (Phi) is 3.44. The molecule has 21 heavy (non-hydrogen) atoms. The van der Waals surface area contributed by atoms with Crippen molar-refractivity contribution in [3.63, 3.8) is 0 Å². The number of aryl methyl sites for hydroxylation is 2. The Hall–Kier alpha value is -2.62. The third kappa shape index (κ3) is 2.79. The number of carbonyl (C=O) groups is 1. The van der Waals surface area contributed by atoms with Crippen molar-refractivity contribution < 1.29 is 4.79 Å². The van der Waals surface area contributed by atoms with E-state index in [-0.39, 0.29) is 5.91 Å². The van der Waals surface area contributed by atoms with Crippen molar-refractivity contribution in [3.8, 4) is 0 Å². The van der Waals surface area contributed by atoms with Crippen LogP contribution >= 0.6 is 0 Å². The molecule has 4 nitrogen and oxygen atoms in total. The van der Waals surface area contributed by atoms with Crippen molar-refractivity contribution in [2.75, 3.05) is 5.32 Å². The summed E-state index contributed by atoms with van der Waals surface area (Å²) in [4.78, 5) is 19.7. The summed E-state index contributed by atoms with van der Waals surface area (Å²) in [7, 11) is 0. The summed E-state index contributed by atoms with van der Waals surface area (Å²) in [6.07, 6.45) is 2.04. The fraction of sp³-hybridized carbons (Fsp3) is 0.176. The number of hydrogen-bond acceptors (Lipinski definition) is 2. The molecule has 0 aliphatic heterocycles. The number of para-hydroxylation sites is 1. The summed E-state index contributed by atoms with van der Waals surface area (Å²) in [6.45, 7) is 3.97. The molecule has 0 saturated carbocycles. The van der Waals surface area contributed by atoms with Crippen LogP contribution in [0, 0.1) is 13.8 Å². The normalized spacial score (nSPS) is 10.8. The van der Waals surface area contributed by atoms with Crippen molar-refractivity contribution in [2.24, 2.45) is 0 Å². The molecule has 2 aromatic heterocycles. The van der Waals surface area contributed by atoms with E-state index in [1.54, 1.807) is 6.20 Å². The number of hydrogen-bond donors (Lipinski definition) is 2. The Morgan fingerprint density at radius 3 is 2.86 bits per heavy atom. The molecule has 0 atom stereocenters. The molecular weight excluding hydrogens is 262 g/mol. The lowest BCUT2D eigenvalue weighted by atomic mass is 10.1. The molecule has 0 aliphatic rings. The van der Waals surface area contributed by atoms with Gasteiger partial charge in [0.15, 0.2) is 0 Å². The van der Waals surface area contributed by atoms with E-state index in [1.807, 2.05) is 50.2 Å². The Bertz CT molecular complexity index is 805. The first-order valence-electron chi connectivity index (χ1n) is 6.92. The van der Waals surface area contributed by atoms with Gasteiger partial charge in [-0.25, -0.2) is 4.98 Å². The van der Waals surface area contributed by atoms with Gasteiger partial charge in [0.25, 0.3) is 0 Å². The number of aromatic nitrogens is 2. The minimum atomic E-state index is -0.0547. The van der Waals surface area contributed by atoms with Gasteiger partial charge in [0.1, 0.15) is 5.82 Å². The van der Waals surface area contributed by atoms with Crippen LogP contribution in [0.15, 0.2) is 42.6 Å². The van der Waals surface area contributed by atoms with E-state index in [2.05, 4.69) is 15.3 Å². The Labute approximate surface area is 123 Å². The zero-order valence-corrected chi connectivity index (χ0v) is 12.1. The minimum Gasteiger partial charge on any atom is -0.358 e. The maximum Gasteiger partial charge on any atom is 0.230 e. The van der Waals surface area contributed by atoms with Crippen LogP contribution in [-0.2, 0) is 11.2 Å². The van der Waals surface area contributed by atoms with Gasteiger partial charge in [0.2, 0.25) is 5.91 Å². The van der Waals surface area contributed by atoms with Crippen molar-refractivity contribution in [1.29, 1.82) is 0 Å². The van der Waals surface area contributed by atoms with Crippen LogP contribution in [0.4, 0.5) is 5.82 Å². The average molecular weight is 279 g/mol. The zero-order valence-electron chi connectivity index (χ0n) is 12.1. The van der Waals surface area contributed by atoms with Crippen molar-refractivity contribution in [1.82, 2.24) is 9.97 Å². The maximum atomic E-state index is 12.2. The molecule has 0 fully saturated rings. The van der Waals surface area contributed by atoms with Gasteiger partial charge in [-0.1, -0.05) is 18.2 Å². The summed E-state index contributed by atoms with van der Waals surface area (Å²) in [5, 5.41) is 3.95. The summed E-state index contributed by atoms with van der Waals surface area (Å²) >= 11 is 0. The number of H-pyrrole nitrogens is 1. The molecule has 2 heterocycles. The molecule has 2 N–H and O–H groups in total. The van der Waals surface area contributed by atoms with Crippen LogP contribution in [0.5, 0.6) is 0 Å². The van der Waals surface area contributed by atoms with Gasteiger partial charge in [-0.15, -0.1) is 0 Å². The largest absolute Gasteiger partial charge is 0.358 e. The maximum absolute atomic E-state index is 12.2. The highest BCUT2D eigenvalue weighted by molar-refractivity contribution is 5.95. The van der Waals surface area contributed by atoms with Gasteiger partial charge in [-0.3, -0.25) is 4.79 Å². The second-order valence-corrected chi connectivity index (χ2v) is 5.22. The fourth-order valence-corrected chi connectivity index (χ4v) is 2.51. The quantitative estimate of drug-likeness (QED) is 0.772. The molecule has 106 valence electrons. The molecule has 4 heteroatoms. The number of nitrogens with zero attached hydrogens (tertiary/aromatic N) is 1. The van der Waals surface area contributed by atoms with Gasteiger partial charge in [0.05, 0.1) is 6.42 Å². The number of anilines is 1. The van der Waals surface area contributed by atoms with Crippen LogP contribution < -0.4 is 5.32 Å². The van der Waals surface area contributed by atoms with Gasteiger partial charge >= 0.3 is 0 Å². The number of carbonyl (C=O) groups excluding carboxylic acids is 1. The Morgan fingerprint density at radius 1 is 1.24 bits per heavy atom. The topological polar surface area (TPSA) is 57.8 Å². The summed E-state index contributed by atoms with van der Waals surface area (Å²) in [5.74, 6) is 0.540. The number of rotatable bonds is 3. The number of amides is 1. The third-order valence-electron chi connectivity index (χ3n) is 3.55. The van der Waals surface area contributed by atoms with Crippen LogP contribution in [0.25, 0.3) is 10.9 Å². The van der Waals surface area contributed by atoms with Crippen molar-refractivity contribution in [3.05, 3.63) is 59.4 Å². The molecule has 0 radical (unpaired) electrons. The fourth-order valence-electron chi connectivity index (χ4n) is 2.51. The van der Waals surface area contributed by atoms with Crippen LogP contribution in [0.3, 0.4) is 0 Å². The minimum absolute atomic E-state index is 0.0547. The molecule has 0 aliphatic carbocycles. The Balaban J connectivity index is 1.82. The molecule has 3 aromatic rings. The highest BCUT2D eigenvalue weighted by atomic mass is 16.1. The van der Waals surface area contributed by atoms with Gasteiger partial charge < -0.3 is 10.3 Å². The zero-order chi connectivity index (χ0) is 14.8. The molecule has 0 saturated heterocycles. The number of pyridine rings is 1. The number of benzene rings is 1. The third-order valence-corrected chi connectivity index (χ3v) is 3.55. The lowest BCUT2D eigenvalue weighted by Gasteiger charge is -2.05. The molecule has 3 rings (SSSR count). The van der Waals surface area contributed by atoms with Gasteiger partial charge in [0, 0.05) is 22.8 Å². The molecule has 0 unspecified atom stereocenters. The van der Waals surface area contributed by atoms with Crippen LogP contribution in [0.2, 0.25) is 0 Å². The van der Waals surface area contributed by atoms with E-state index >= 15 is 0 Å². The number of nitrogens with one attached hydrogen (secondary N) is 2. The van der Waals surface area contributed by atoms with Crippen molar-refractivity contribution >= 4 is 22.6 Å². The van der Waals surface area contributed by atoms with Gasteiger partial charge in [-0.2, -0.15) is 0 Å². The highest BCUT2D eigenvalue weighted by Gasteiger charge is 2.12. The predicted octanol–water partition coefficient (Wildman–Crippen LogP) is 3.36. The van der Waals surface area contributed by atoms with Crippen LogP contribution in [-0.4, -0.2) is 15.9 Å². The van der Waals surface area contributed by atoms with E-state index in [1.165, 1.54) is 0 Å².